The predicted molar refractivity (Wildman–Crippen MR) is 68.7 cm³/mol. The van der Waals surface area contributed by atoms with Gasteiger partial charge in [-0.1, -0.05) is 30.7 Å². The molecule has 0 amide bonds. The molecule has 90 valence electrons. The zero-order valence-electron chi connectivity index (χ0n) is 9.60. The Labute approximate surface area is 103 Å². The van der Waals surface area contributed by atoms with Gasteiger partial charge in [0, 0.05) is 0 Å². The SMILES string of the molecule is Cc1ccccc1[C@H](N)[C@H](O)C1CCC1.Cl. The molecule has 1 aromatic carbocycles. The van der Waals surface area contributed by atoms with Crippen LogP contribution < -0.4 is 5.73 Å². The summed E-state index contributed by atoms with van der Waals surface area (Å²) < 4.78 is 0. The standard InChI is InChI=1S/C13H19NO.ClH/c1-9-5-2-3-8-11(9)12(14)13(15)10-6-4-7-10;/h2-3,5,8,10,12-13,15H,4,6-7,14H2,1H3;1H/t12-,13+;/m0./s1. The number of hydrogen-bond donors (Lipinski definition) is 2. The molecule has 16 heavy (non-hydrogen) atoms. The van der Waals surface area contributed by atoms with Crippen LogP contribution in [0.2, 0.25) is 0 Å². The molecular weight excluding hydrogens is 222 g/mol. The number of rotatable bonds is 3. The molecule has 1 saturated carbocycles. The number of nitrogens with two attached hydrogens (primary N) is 1. The summed E-state index contributed by atoms with van der Waals surface area (Å²) in [6, 6.07) is 7.82. The highest BCUT2D eigenvalue weighted by Gasteiger charge is 2.30. The summed E-state index contributed by atoms with van der Waals surface area (Å²) >= 11 is 0. The van der Waals surface area contributed by atoms with Crippen LogP contribution in [0.15, 0.2) is 24.3 Å². The van der Waals surface area contributed by atoms with Crippen LogP contribution in [0.3, 0.4) is 0 Å². The number of benzene rings is 1. The van der Waals surface area contributed by atoms with Gasteiger partial charge in [-0.2, -0.15) is 0 Å². The first kappa shape index (κ1) is 13.5. The normalized spacial score (nSPS) is 19.4. The van der Waals surface area contributed by atoms with E-state index >= 15 is 0 Å². The van der Waals surface area contributed by atoms with E-state index < -0.39 is 0 Å². The van der Waals surface area contributed by atoms with E-state index in [-0.39, 0.29) is 24.6 Å². The van der Waals surface area contributed by atoms with Gasteiger partial charge in [0.15, 0.2) is 0 Å². The molecule has 0 aliphatic heterocycles. The van der Waals surface area contributed by atoms with Crippen molar-refractivity contribution >= 4 is 12.4 Å². The summed E-state index contributed by atoms with van der Waals surface area (Å²) in [6.45, 7) is 2.04. The van der Waals surface area contributed by atoms with E-state index in [1.54, 1.807) is 0 Å². The molecule has 3 N–H and O–H groups in total. The largest absolute Gasteiger partial charge is 0.391 e. The van der Waals surface area contributed by atoms with Gasteiger partial charge in [0.05, 0.1) is 12.1 Å². The number of aliphatic hydroxyl groups is 1. The molecule has 1 aliphatic rings. The van der Waals surface area contributed by atoms with Gasteiger partial charge in [0.2, 0.25) is 0 Å². The molecule has 0 heterocycles. The molecule has 2 rings (SSSR count). The van der Waals surface area contributed by atoms with Crippen molar-refractivity contribution in [1.29, 1.82) is 0 Å². The van der Waals surface area contributed by atoms with E-state index in [1.165, 1.54) is 12.0 Å². The van der Waals surface area contributed by atoms with Gasteiger partial charge in [-0.05, 0) is 36.8 Å². The molecule has 0 saturated heterocycles. The summed E-state index contributed by atoms with van der Waals surface area (Å²) in [7, 11) is 0. The van der Waals surface area contributed by atoms with Crippen LogP contribution >= 0.6 is 12.4 Å². The highest BCUT2D eigenvalue weighted by Crippen LogP contribution is 2.34. The Morgan fingerprint density at radius 2 is 1.94 bits per heavy atom. The molecule has 1 aliphatic carbocycles. The predicted octanol–water partition coefficient (Wildman–Crippen LogP) is 2.58. The quantitative estimate of drug-likeness (QED) is 0.855. The molecular formula is C13H20ClNO. The van der Waals surface area contributed by atoms with Gasteiger partial charge >= 0.3 is 0 Å². The number of aryl methyl sites for hydroxylation is 1. The van der Waals surface area contributed by atoms with Gasteiger partial charge in [0.25, 0.3) is 0 Å². The van der Waals surface area contributed by atoms with Crippen LogP contribution in [-0.4, -0.2) is 11.2 Å². The first-order valence-electron chi connectivity index (χ1n) is 5.69. The van der Waals surface area contributed by atoms with Crippen LogP contribution in [-0.2, 0) is 0 Å². The summed E-state index contributed by atoms with van der Waals surface area (Å²) in [5.74, 6) is 0.416. The summed E-state index contributed by atoms with van der Waals surface area (Å²) in [5, 5.41) is 10.1. The lowest BCUT2D eigenvalue weighted by Gasteiger charge is -2.34. The maximum Gasteiger partial charge on any atom is 0.0760 e. The second-order valence-electron chi connectivity index (χ2n) is 4.56. The second-order valence-corrected chi connectivity index (χ2v) is 4.56. The lowest BCUT2D eigenvalue weighted by molar-refractivity contribution is 0.0412. The molecule has 0 bridgehead atoms. The van der Waals surface area contributed by atoms with Crippen molar-refractivity contribution in [2.24, 2.45) is 11.7 Å². The van der Waals surface area contributed by atoms with Crippen molar-refractivity contribution in [2.45, 2.75) is 38.3 Å². The maximum absolute atomic E-state index is 10.1. The van der Waals surface area contributed by atoms with Gasteiger partial charge < -0.3 is 10.8 Å². The highest BCUT2D eigenvalue weighted by molar-refractivity contribution is 5.85. The molecule has 2 nitrogen and oxygen atoms in total. The van der Waals surface area contributed by atoms with Crippen molar-refractivity contribution in [3.63, 3.8) is 0 Å². The zero-order chi connectivity index (χ0) is 10.8. The van der Waals surface area contributed by atoms with Crippen molar-refractivity contribution in [3.05, 3.63) is 35.4 Å². The zero-order valence-corrected chi connectivity index (χ0v) is 10.4. The number of hydrogen-bond acceptors (Lipinski definition) is 2. The molecule has 2 atom stereocenters. The topological polar surface area (TPSA) is 46.2 Å². The van der Waals surface area contributed by atoms with Crippen molar-refractivity contribution in [3.8, 4) is 0 Å². The Balaban J connectivity index is 0.00000128. The van der Waals surface area contributed by atoms with E-state index in [1.807, 2.05) is 31.2 Å². The molecule has 1 fully saturated rings. The lowest BCUT2D eigenvalue weighted by Crippen LogP contribution is -2.36. The van der Waals surface area contributed by atoms with Crippen LogP contribution in [0, 0.1) is 12.8 Å². The number of aliphatic hydroxyl groups excluding tert-OH is 1. The van der Waals surface area contributed by atoms with Crippen molar-refractivity contribution in [2.75, 3.05) is 0 Å². The van der Waals surface area contributed by atoms with E-state index in [0.29, 0.717) is 5.92 Å². The van der Waals surface area contributed by atoms with Crippen LogP contribution in [0.25, 0.3) is 0 Å². The molecule has 0 aromatic heterocycles. The van der Waals surface area contributed by atoms with Gasteiger partial charge in [-0.3, -0.25) is 0 Å². The minimum Gasteiger partial charge on any atom is -0.391 e. The number of halogens is 1. The summed E-state index contributed by atoms with van der Waals surface area (Å²) in [5.41, 5.74) is 8.35. The fourth-order valence-corrected chi connectivity index (χ4v) is 2.22. The van der Waals surface area contributed by atoms with Crippen LogP contribution in [0.1, 0.15) is 36.4 Å². The maximum atomic E-state index is 10.1. The fraction of sp³-hybridized carbons (Fsp3) is 0.538. The Hall–Kier alpha value is -0.570. The van der Waals surface area contributed by atoms with Gasteiger partial charge in [-0.25, -0.2) is 0 Å². The van der Waals surface area contributed by atoms with E-state index in [0.717, 1.165) is 18.4 Å². The molecule has 0 unspecified atom stereocenters. The highest BCUT2D eigenvalue weighted by atomic mass is 35.5. The first-order valence-corrected chi connectivity index (χ1v) is 5.69. The third-order valence-electron chi connectivity index (χ3n) is 3.55. The fourth-order valence-electron chi connectivity index (χ4n) is 2.22. The van der Waals surface area contributed by atoms with E-state index in [9.17, 15) is 5.11 Å². The van der Waals surface area contributed by atoms with E-state index in [4.69, 9.17) is 5.73 Å². The van der Waals surface area contributed by atoms with Crippen LogP contribution in [0.5, 0.6) is 0 Å². The molecule has 0 radical (unpaired) electrons. The van der Waals surface area contributed by atoms with Crippen molar-refractivity contribution < 1.29 is 5.11 Å². The Morgan fingerprint density at radius 3 is 2.44 bits per heavy atom. The second kappa shape index (κ2) is 5.67. The minimum atomic E-state index is -0.375. The van der Waals surface area contributed by atoms with Crippen LogP contribution in [0.4, 0.5) is 0 Å². The average Bonchev–Trinajstić information content (AvgIpc) is 2.15. The van der Waals surface area contributed by atoms with Gasteiger partial charge in [0.1, 0.15) is 0 Å². The smallest absolute Gasteiger partial charge is 0.0760 e. The third kappa shape index (κ3) is 2.57. The lowest BCUT2D eigenvalue weighted by atomic mass is 9.77. The van der Waals surface area contributed by atoms with Gasteiger partial charge in [-0.15, -0.1) is 12.4 Å². The Kier molecular flexibility index (Phi) is 4.78. The van der Waals surface area contributed by atoms with Crippen molar-refractivity contribution in [1.82, 2.24) is 0 Å². The molecule has 0 spiro atoms. The Bertz CT molecular complexity index is 338. The average molecular weight is 242 g/mol. The summed E-state index contributed by atoms with van der Waals surface area (Å²) in [6.07, 6.45) is 3.11. The third-order valence-corrected chi connectivity index (χ3v) is 3.55. The Morgan fingerprint density at radius 1 is 1.31 bits per heavy atom. The van der Waals surface area contributed by atoms with E-state index in [2.05, 4.69) is 0 Å². The first-order chi connectivity index (χ1) is 7.20. The summed E-state index contributed by atoms with van der Waals surface area (Å²) in [4.78, 5) is 0. The minimum absolute atomic E-state index is 0. The molecule has 3 heteroatoms. The molecule has 1 aromatic rings. The monoisotopic (exact) mass is 241 g/mol.